The van der Waals surface area contributed by atoms with Crippen LogP contribution in [0, 0.1) is 0 Å². The number of hydrogen-bond acceptors (Lipinski definition) is 5. The number of hydrogen-bond donors (Lipinski definition) is 2. The molecule has 4 nitrogen and oxygen atoms in total. The molecule has 1 fully saturated rings. The van der Waals surface area contributed by atoms with Gasteiger partial charge in [-0.1, -0.05) is 18.2 Å². The quantitative estimate of drug-likeness (QED) is 0.626. The van der Waals surface area contributed by atoms with Crippen LogP contribution in [0.15, 0.2) is 24.3 Å². The molecule has 19 heavy (non-hydrogen) atoms. The van der Waals surface area contributed by atoms with Crippen molar-refractivity contribution >= 4 is 11.8 Å². The van der Waals surface area contributed by atoms with Crippen molar-refractivity contribution in [1.82, 2.24) is 10.3 Å². The van der Waals surface area contributed by atoms with Crippen LogP contribution in [0.4, 0.5) is 0 Å². The highest BCUT2D eigenvalue weighted by molar-refractivity contribution is 7.99. The molecule has 0 aromatic heterocycles. The van der Waals surface area contributed by atoms with E-state index in [1.165, 1.54) is 11.3 Å². The second-order valence-electron chi connectivity index (χ2n) is 4.91. The van der Waals surface area contributed by atoms with E-state index in [1.54, 1.807) is 7.11 Å². The third kappa shape index (κ3) is 3.63. The number of ether oxygens (including phenoxy) is 1. The zero-order valence-electron chi connectivity index (χ0n) is 11.6. The van der Waals surface area contributed by atoms with E-state index >= 15 is 0 Å². The number of thioether (sulfide) groups is 1. The van der Waals surface area contributed by atoms with Gasteiger partial charge in [0.25, 0.3) is 0 Å². The lowest BCUT2D eigenvalue weighted by Crippen LogP contribution is -2.55. The summed E-state index contributed by atoms with van der Waals surface area (Å²) < 4.78 is 5.42. The summed E-state index contributed by atoms with van der Waals surface area (Å²) >= 11 is 2.00. The summed E-state index contributed by atoms with van der Waals surface area (Å²) in [4.78, 5) is 2.40. The Morgan fingerprint density at radius 3 is 3.00 bits per heavy atom. The van der Waals surface area contributed by atoms with Crippen molar-refractivity contribution in [2.45, 2.75) is 18.5 Å². The van der Waals surface area contributed by atoms with E-state index in [0.29, 0.717) is 6.04 Å². The first-order valence-electron chi connectivity index (χ1n) is 6.62. The van der Waals surface area contributed by atoms with Crippen molar-refractivity contribution in [3.63, 3.8) is 0 Å². The largest absolute Gasteiger partial charge is 0.496 e. The number of nitrogens with two attached hydrogens (primary N) is 1. The number of nitrogens with zero attached hydrogens (tertiary/aromatic N) is 1. The van der Waals surface area contributed by atoms with Crippen molar-refractivity contribution in [2.24, 2.45) is 5.84 Å². The number of para-hydroxylation sites is 1. The summed E-state index contributed by atoms with van der Waals surface area (Å²) in [7, 11) is 3.89. The van der Waals surface area contributed by atoms with Gasteiger partial charge in [-0.25, -0.2) is 0 Å². The standard InChI is InChI=1S/C14H23N3OS/c1-17-7-8-19-10-13(17)12(16-15)9-11-5-3-4-6-14(11)18-2/h3-6,12-13,16H,7-10,15H2,1-2H3. The topological polar surface area (TPSA) is 50.5 Å². The molecule has 2 rings (SSSR count). The number of benzene rings is 1. The van der Waals surface area contributed by atoms with Gasteiger partial charge in [-0.3, -0.25) is 11.3 Å². The zero-order valence-corrected chi connectivity index (χ0v) is 12.5. The molecule has 1 aromatic carbocycles. The maximum absolute atomic E-state index is 5.78. The Bertz CT molecular complexity index is 402. The minimum Gasteiger partial charge on any atom is -0.496 e. The molecule has 0 radical (unpaired) electrons. The molecule has 1 heterocycles. The van der Waals surface area contributed by atoms with Gasteiger partial charge in [-0.15, -0.1) is 0 Å². The van der Waals surface area contributed by atoms with E-state index in [-0.39, 0.29) is 6.04 Å². The summed E-state index contributed by atoms with van der Waals surface area (Å²) in [5.74, 6) is 9.05. The van der Waals surface area contributed by atoms with Crippen LogP contribution in [-0.2, 0) is 6.42 Å². The summed E-state index contributed by atoms with van der Waals surface area (Å²) in [6.45, 7) is 1.12. The Balaban J connectivity index is 2.09. The Labute approximate surface area is 119 Å². The van der Waals surface area contributed by atoms with Crippen LogP contribution < -0.4 is 16.0 Å². The second kappa shape index (κ2) is 7.14. The lowest BCUT2D eigenvalue weighted by Gasteiger charge is -2.37. The SMILES string of the molecule is COc1ccccc1CC(NN)C1CSCCN1C. The van der Waals surface area contributed by atoms with Gasteiger partial charge in [-0.2, -0.15) is 11.8 Å². The van der Waals surface area contributed by atoms with Crippen LogP contribution >= 0.6 is 11.8 Å². The molecule has 5 heteroatoms. The van der Waals surface area contributed by atoms with Crippen LogP contribution in [-0.4, -0.2) is 49.2 Å². The van der Waals surface area contributed by atoms with Gasteiger partial charge < -0.3 is 9.64 Å². The van der Waals surface area contributed by atoms with Gasteiger partial charge in [-0.05, 0) is 25.1 Å². The molecule has 0 aliphatic carbocycles. The molecule has 0 saturated carbocycles. The van der Waals surface area contributed by atoms with Crippen molar-refractivity contribution in [3.05, 3.63) is 29.8 Å². The Morgan fingerprint density at radius 2 is 2.32 bits per heavy atom. The molecule has 1 aliphatic rings. The molecule has 0 spiro atoms. The van der Waals surface area contributed by atoms with Gasteiger partial charge in [0.2, 0.25) is 0 Å². The van der Waals surface area contributed by atoms with Crippen LogP contribution in [0.2, 0.25) is 0 Å². The molecular formula is C14H23N3OS. The summed E-state index contributed by atoms with van der Waals surface area (Å²) in [5, 5.41) is 0. The number of hydrazine groups is 1. The fourth-order valence-electron chi connectivity index (χ4n) is 2.54. The van der Waals surface area contributed by atoms with Crippen molar-refractivity contribution in [3.8, 4) is 5.75 Å². The fraction of sp³-hybridized carbons (Fsp3) is 0.571. The molecule has 1 saturated heterocycles. The van der Waals surface area contributed by atoms with Crippen LogP contribution in [0.5, 0.6) is 5.75 Å². The van der Waals surface area contributed by atoms with E-state index in [2.05, 4.69) is 23.4 Å². The molecule has 0 amide bonds. The average molecular weight is 281 g/mol. The first-order valence-corrected chi connectivity index (χ1v) is 7.77. The zero-order chi connectivity index (χ0) is 13.7. The highest BCUT2D eigenvalue weighted by Crippen LogP contribution is 2.23. The van der Waals surface area contributed by atoms with Gasteiger partial charge in [0.15, 0.2) is 0 Å². The minimum atomic E-state index is 0.245. The van der Waals surface area contributed by atoms with Gasteiger partial charge in [0, 0.05) is 30.1 Å². The molecule has 1 aliphatic heterocycles. The monoisotopic (exact) mass is 281 g/mol. The second-order valence-corrected chi connectivity index (χ2v) is 6.06. The molecule has 3 N–H and O–H groups in total. The van der Waals surface area contributed by atoms with Crippen molar-refractivity contribution in [2.75, 3.05) is 32.2 Å². The van der Waals surface area contributed by atoms with Crippen molar-refractivity contribution in [1.29, 1.82) is 0 Å². The van der Waals surface area contributed by atoms with Gasteiger partial charge >= 0.3 is 0 Å². The maximum atomic E-state index is 5.78. The van der Waals surface area contributed by atoms with Crippen molar-refractivity contribution < 1.29 is 4.74 Å². The average Bonchev–Trinajstić information content (AvgIpc) is 2.46. The number of rotatable bonds is 5. The molecule has 106 valence electrons. The smallest absolute Gasteiger partial charge is 0.122 e. The number of nitrogens with one attached hydrogen (secondary N) is 1. The van der Waals surface area contributed by atoms with Crippen LogP contribution in [0.25, 0.3) is 0 Å². The molecule has 1 aromatic rings. The van der Waals surface area contributed by atoms with E-state index in [9.17, 15) is 0 Å². The van der Waals surface area contributed by atoms with E-state index < -0.39 is 0 Å². The van der Waals surface area contributed by atoms with E-state index in [0.717, 1.165) is 24.5 Å². The maximum Gasteiger partial charge on any atom is 0.122 e. The normalized spacial score (nSPS) is 22.2. The molecule has 2 atom stereocenters. The van der Waals surface area contributed by atoms with Gasteiger partial charge in [0.1, 0.15) is 5.75 Å². The summed E-state index contributed by atoms with van der Waals surface area (Å²) in [6, 6.07) is 8.87. The minimum absolute atomic E-state index is 0.245. The highest BCUT2D eigenvalue weighted by Gasteiger charge is 2.27. The van der Waals surface area contributed by atoms with E-state index in [1.807, 2.05) is 30.0 Å². The predicted molar refractivity (Wildman–Crippen MR) is 81.6 cm³/mol. The predicted octanol–water partition coefficient (Wildman–Crippen LogP) is 1.12. The fourth-order valence-corrected chi connectivity index (χ4v) is 3.86. The van der Waals surface area contributed by atoms with Crippen LogP contribution in [0.1, 0.15) is 5.56 Å². The first-order chi connectivity index (χ1) is 9.26. The Morgan fingerprint density at radius 1 is 1.53 bits per heavy atom. The third-order valence-corrected chi connectivity index (χ3v) is 4.80. The Kier molecular flexibility index (Phi) is 5.51. The molecule has 0 bridgehead atoms. The molecule has 2 unspecified atom stereocenters. The Hall–Kier alpha value is -0.750. The lowest BCUT2D eigenvalue weighted by atomic mass is 9.99. The summed E-state index contributed by atoms with van der Waals surface area (Å²) in [5.41, 5.74) is 4.20. The number of likely N-dealkylation sites (N-methyl/N-ethyl adjacent to an activating group) is 1. The molecular weight excluding hydrogens is 258 g/mol. The number of methoxy groups -OCH3 is 1. The van der Waals surface area contributed by atoms with Gasteiger partial charge in [0.05, 0.1) is 7.11 Å². The third-order valence-electron chi connectivity index (χ3n) is 3.75. The van der Waals surface area contributed by atoms with E-state index in [4.69, 9.17) is 10.6 Å². The first kappa shape index (κ1) is 14.7. The highest BCUT2D eigenvalue weighted by atomic mass is 32.2. The summed E-state index contributed by atoms with van der Waals surface area (Å²) in [6.07, 6.45) is 0.885. The van der Waals surface area contributed by atoms with Crippen LogP contribution in [0.3, 0.4) is 0 Å². The lowest BCUT2D eigenvalue weighted by molar-refractivity contribution is 0.213.